The van der Waals surface area contributed by atoms with E-state index >= 15 is 0 Å². The number of hydrogen-bond acceptors (Lipinski definition) is 5. The number of nitro groups is 1. The molecule has 1 aromatic rings. The van der Waals surface area contributed by atoms with E-state index in [0.29, 0.717) is 12.0 Å². The number of piperidine rings is 1. The van der Waals surface area contributed by atoms with Crippen molar-refractivity contribution in [3.05, 3.63) is 39.9 Å². The number of rotatable bonds is 6. The molecule has 0 radical (unpaired) electrons. The van der Waals surface area contributed by atoms with Gasteiger partial charge in [0.25, 0.3) is 5.69 Å². The highest BCUT2D eigenvalue weighted by Crippen LogP contribution is 2.25. The van der Waals surface area contributed by atoms with Crippen molar-refractivity contribution in [3.8, 4) is 0 Å². The lowest BCUT2D eigenvalue weighted by Gasteiger charge is -2.28. The minimum Gasteiger partial charge on any atom is -0.450 e. The van der Waals surface area contributed by atoms with Crippen molar-refractivity contribution < 1.29 is 19.6 Å². The summed E-state index contributed by atoms with van der Waals surface area (Å²) in [6.07, 6.45) is 2.20. The van der Waals surface area contributed by atoms with Gasteiger partial charge in [0.05, 0.1) is 4.92 Å². The molecule has 1 fully saturated rings. The summed E-state index contributed by atoms with van der Waals surface area (Å²) in [7, 11) is 0. The fourth-order valence-corrected chi connectivity index (χ4v) is 2.71. The third-order valence-corrected chi connectivity index (χ3v) is 3.87. The molecule has 22 heavy (non-hydrogen) atoms. The third kappa shape index (κ3) is 4.70. The third-order valence-electron chi connectivity index (χ3n) is 3.87. The van der Waals surface area contributed by atoms with Crippen LogP contribution >= 0.6 is 0 Å². The van der Waals surface area contributed by atoms with Crippen LogP contribution in [0.25, 0.3) is 0 Å². The van der Waals surface area contributed by atoms with Crippen LogP contribution in [-0.2, 0) is 4.74 Å². The van der Waals surface area contributed by atoms with Crippen molar-refractivity contribution in [2.24, 2.45) is 0 Å². The molecule has 1 atom stereocenters. The van der Waals surface area contributed by atoms with Gasteiger partial charge in [0, 0.05) is 25.1 Å². The highest BCUT2D eigenvalue weighted by molar-refractivity contribution is 5.57. The average molecular weight is 308 g/mol. The Hall–Kier alpha value is -2.15. The Morgan fingerprint density at radius 2 is 1.91 bits per heavy atom. The summed E-state index contributed by atoms with van der Waals surface area (Å²) in [5, 5.41) is 19.5. The molecule has 0 saturated carbocycles. The van der Waals surface area contributed by atoms with Crippen molar-refractivity contribution in [1.82, 2.24) is 4.90 Å². The fourth-order valence-electron chi connectivity index (χ4n) is 2.71. The summed E-state index contributed by atoms with van der Waals surface area (Å²) in [5.74, 6) is 0. The minimum atomic E-state index is -1.33. The number of non-ortho nitro benzene ring substituents is 1. The monoisotopic (exact) mass is 308 g/mol. The van der Waals surface area contributed by atoms with E-state index in [0.717, 1.165) is 19.6 Å². The quantitative estimate of drug-likeness (QED) is 0.493. The largest absolute Gasteiger partial charge is 0.506 e. The Morgan fingerprint density at radius 3 is 2.45 bits per heavy atom. The molecular weight excluding hydrogens is 288 g/mol. The molecule has 2 rings (SSSR count). The molecule has 0 aliphatic carbocycles. The van der Waals surface area contributed by atoms with Gasteiger partial charge in [-0.15, -0.1) is 0 Å². The summed E-state index contributed by atoms with van der Waals surface area (Å²) in [6.45, 7) is 2.81. The Kier molecular flexibility index (Phi) is 5.71. The molecule has 7 heteroatoms. The first-order valence-corrected chi connectivity index (χ1v) is 7.42. The molecule has 1 saturated heterocycles. The summed E-state index contributed by atoms with van der Waals surface area (Å²) in [5.41, 5.74) is 0.624. The zero-order valence-electron chi connectivity index (χ0n) is 12.3. The molecule has 1 aromatic carbocycles. The molecule has 7 nitrogen and oxygen atoms in total. The number of carboxylic acid groups (broad SMARTS) is 1. The van der Waals surface area contributed by atoms with Gasteiger partial charge in [-0.2, -0.15) is 0 Å². The van der Waals surface area contributed by atoms with Gasteiger partial charge in [-0.05, 0) is 43.6 Å². The van der Waals surface area contributed by atoms with E-state index < -0.39 is 17.2 Å². The second-order valence-corrected chi connectivity index (χ2v) is 5.41. The molecule has 1 N–H and O–H groups in total. The van der Waals surface area contributed by atoms with E-state index in [1.807, 2.05) is 0 Å². The van der Waals surface area contributed by atoms with Crippen LogP contribution < -0.4 is 0 Å². The van der Waals surface area contributed by atoms with Gasteiger partial charge in [-0.3, -0.25) is 10.1 Å². The maximum atomic E-state index is 10.9. The van der Waals surface area contributed by atoms with E-state index in [2.05, 4.69) is 4.90 Å². The number of benzene rings is 1. The van der Waals surface area contributed by atoms with E-state index in [1.165, 1.54) is 31.4 Å². The predicted octanol–water partition coefficient (Wildman–Crippen LogP) is 3.21. The summed E-state index contributed by atoms with van der Waals surface area (Å²) in [4.78, 5) is 23.3. The first kappa shape index (κ1) is 16.2. The number of hydrogen-bond donors (Lipinski definition) is 1. The lowest BCUT2D eigenvalue weighted by molar-refractivity contribution is -0.384. The number of likely N-dealkylation sites (tertiary alicyclic amines) is 1. The standard InChI is InChI=1S/C15H20N2O5/c18-15(19)22-14(8-11-16-9-2-1-3-10-16)12-4-6-13(7-5-12)17(20)21/h4-7,14H,1-3,8-11H2,(H,18,19). The van der Waals surface area contributed by atoms with Crippen LogP contribution in [0.5, 0.6) is 0 Å². The number of nitro benzene ring substituents is 1. The highest BCUT2D eigenvalue weighted by atomic mass is 16.7. The van der Waals surface area contributed by atoms with Crippen LogP contribution in [0.4, 0.5) is 10.5 Å². The van der Waals surface area contributed by atoms with E-state index in [4.69, 9.17) is 9.84 Å². The lowest BCUT2D eigenvalue weighted by Crippen LogP contribution is -2.31. The van der Waals surface area contributed by atoms with Crippen LogP contribution in [0, 0.1) is 10.1 Å². The number of carbonyl (C=O) groups is 1. The van der Waals surface area contributed by atoms with Crippen LogP contribution in [0.15, 0.2) is 24.3 Å². The van der Waals surface area contributed by atoms with Gasteiger partial charge >= 0.3 is 6.16 Å². The first-order chi connectivity index (χ1) is 10.6. The molecule has 1 aliphatic heterocycles. The zero-order chi connectivity index (χ0) is 15.9. The van der Waals surface area contributed by atoms with Crippen LogP contribution in [0.1, 0.15) is 37.4 Å². The number of ether oxygens (including phenoxy) is 1. The van der Waals surface area contributed by atoms with E-state index in [-0.39, 0.29) is 5.69 Å². The molecule has 1 unspecified atom stereocenters. The van der Waals surface area contributed by atoms with Gasteiger partial charge in [0.1, 0.15) is 6.10 Å². The Morgan fingerprint density at radius 1 is 1.27 bits per heavy atom. The molecule has 0 spiro atoms. The smallest absolute Gasteiger partial charge is 0.450 e. The second kappa shape index (κ2) is 7.74. The van der Waals surface area contributed by atoms with Crippen molar-refractivity contribution in [3.63, 3.8) is 0 Å². The van der Waals surface area contributed by atoms with Crippen molar-refractivity contribution in [2.45, 2.75) is 31.8 Å². The second-order valence-electron chi connectivity index (χ2n) is 5.41. The highest BCUT2D eigenvalue weighted by Gasteiger charge is 2.19. The summed E-state index contributed by atoms with van der Waals surface area (Å²) in [6, 6.07) is 5.85. The fraction of sp³-hybridized carbons (Fsp3) is 0.533. The molecular formula is C15H20N2O5. The molecule has 0 amide bonds. The SMILES string of the molecule is O=C(O)OC(CCN1CCCCC1)c1ccc([N+](=O)[O-])cc1. The molecule has 1 aliphatic rings. The Labute approximate surface area is 128 Å². The van der Waals surface area contributed by atoms with Crippen molar-refractivity contribution in [2.75, 3.05) is 19.6 Å². The molecule has 120 valence electrons. The summed E-state index contributed by atoms with van der Waals surface area (Å²) < 4.78 is 4.95. The van der Waals surface area contributed by atoms with Gasteiger partial charge in [-0.25, -0.2) is 4.79 Å². The average Bonchev–Trinajstić information content (AvgIpc) is 2.52. The van der Waals surface area contributed by atoms with Gasteiger partial charge in [-0.1, -0.05) is 6.42 Å². The maximum absolute atomic E-state index is 10.9. The summed E-state index contributed by atoms with van der Waals surface area (Å²) >= 11 is 0. The van der Waals surface area contributed by atoms with Gasteiger partial charge in [0.15, 0.2) is 0 Å². The predicted molar refractivity (Wildman–Crippen MR) is 79.9 cm³/mol. The maximum Gasteiger partial charge on any atom is 0.506 e. The van der Waals surface area contributed by atoms with Crippen molar-refractivity contribution >= 4 is 11.8 Å². The molecule has 0 aromatic heterocycles. The Bertz CT molecular complexity index is 511. The van der Waals surface area contributed by atoms with Crippen LogP contribution in [-0.4, -0.2) is 40.7 Å². The minimum absolute atomic E-state index is 0.0196. The van der Waals surface area contributed by atoms with E-state index in [9.17, 15) is 14.9 Å². The van der Waals surface area contributed by atoms with E-state index in [1.54, 1.807) is 12.1 Å². The van der Waals surface area contributed by atoms with Crippen LogP contribution in [0.2, 0.25) is 0 Å². The van der Waals surface area contributed by atoms with Gasteiger partial charge in [0.2, 0.25) is 0 Å². The molecule has 1 heterocycles. The van der Waals surface area contributed by atoms with Crippen LogP contribution in [0.3, 0.4) is 0 Å². The normalized spacial score (nSPS) is 16.9. The first-order valence-electron chi connectivity index (χ1n) is 7.42. The zero-order valence-corrected chi connectivity index (χ0v) is 12.3. The lowest BCUT2D eigenvalue weighted by atomic mass is 10.0. The number of nitrogens with zero attached hydrogens (tertiary/aromatic N) is 2. The topological polar surface area (TPSA) is 92.9 Å². The molecule has 0 bridgehead atoms. The van der Waals surface area contributed by atoms with Crippen molar-refractivity contribution in [1.29, 1.82) is 0 Å². The Balaban J connectivity index is 2.01. The van der Waals surface area contributed by atoms with Gasteiger partial charge < -0.3 is 14.7 Å².